The van der Waals surface area contributed by atoms with Gasteiger partial charge in [0.15, 0.2) is 6.54 Å². The number of benzene rings is 2. The molecule has 7 heteroatoms. The first kappa shape index (κ1) is 17.9. The summed E-state index contributed by atoms with van der Waals surface area (Å²) >= 11 is 0. The second-order valence-electron chi connectivity index (χ2n) is 5.49. The summed E-state index contributed by atoms with van der Waals surface area (Å²) in [5, 5.41) is 2.27. The highest BCUT2D eigenvalue weighted by Gasteiger charge is 2.33. The Morgan fingerprint density at radius 1 is 1.08 bits per heavy atom. The van der Waals surface area contributed by atoms with Crippen molar-refractivity contribution in [2.75, 3.05) is 18.9 Å². The highest BCUT2D eigenvalue weighted by molar-refractivity contribution is 5.92. The molecular weight excluding hydrogens is 324 g/mol. The summed E-state index contributed by atoms with van der Waals surface area (Å²) in [5.41, 5.74) is -0.739. The summed E-state index contributed by atoms with van der Waals surface area (Å²) in [6.07, 6.45) is -4.55. The van der Waals surface area contributed by atoms with E-state index in [1.165, 1.54) is 24.3 Å². The first-order valence-corrected chi connectivity index (χ1v) is 7.28. The number of para-hydroxylation sites is 1. The number of carbonyl (C=O) groups is 1. The number of alkyl halides is 3. The minimum atomic E-state index is -4.55. The van der Waals surface area contributed by atoms with Crippen molar-refractivity contribution in [1.82, 2.24) is 0 Å². The second-order valence-corrected chi connectivity index (χ2v) is 5.49. The molecule has 2 aromatic rings. The van der Waals surface area contributed by atoms with Crippen LogP contribution < -0.4 is 10.2 Å². The van der Waals surface area contributed by atoms with Crippen LogP contribution in [0, 0.1) is 5.82 Å². The minimum Gasteiger partial charge on any atom is -0.326 e. The van der Waals surface area contributed by atoms with Crippen LogP contribution in [0.2, 0.25) is 0 Å². The molecule has 3 nitrogen and oxygen atoms in total. The monoisotopic (exact) mass is 341 g/mol. The first-order chi connectivity index (χ1) is 11.3. The third-order valence-corrected chi connectivity index (χ3v) is 3.42. The van der Waals surface area contributed by atoms with E-state index in [0.717, 1.165) is 6.07 Å². The van der Waals surface area contributed by atoms with Gasteiger partial charge in [-0.15, -0.1) is 0 Å². The lowest BCUT2D eigenvalue weighted by Gasteiger charge is -2.16. The van der Waals surface area contributed by atoms with Crippen molar-refractivity contribution < 1.29 is 27.3 Å². The maximum Gasteiger partial charge on any atom is 0.418 e. The Kier molecular flexibility index (Phi) is 5.56. The minimum absolute atomic E-state index is 0.0828. The standard InChI is InChI=1S/C17H16F4N2O/c1-23(10-12-6-2-4-8-14(12)18)11-16(24)22-15-9-5-3-7-13(15)17(19,20)21/h2-9H,10-11H2,1H3,(H,22,24)/p+1. The third-order valence-electron chi connectivity index (χ3n) is 3.42. The normalized spacial score (nSPS) is 12.7. The van der Waals surface area contributed by atoms with E-state index in [-0.39, 0.29) is 24.6 Å². The molecule has 0 aliphatic carbocycles. The number of hydrogen-bond donors (Lipinski definition) is 2. The van der Waals surface area contributed by atoms with Crippen molar-refractivity contribution in [3.05, 3.63) is 65.5 Å². The van der Waals surface area contributed by atoms with E-state index in [1.807, 2.05) is 0 Å². The molecule has 0 fully saturated rings. The summed E-state index contributed by atoms with van der Waals surface area (Å²) in [5.74, 6) is -0.944. The zero-order valence-corrected chi connectivity index (χ0v) is 13.0. The third kappa shape index (κ3) is 4.79. The van der Waals surface area contributed by atoms with Gasteiger partial charge in [-0.3, -0.25) is 4.79 Å². The first-order valence-electron chi connectivity index (χ1n) is 7.28. The summed E-state index contributed by atoms with van der Waals surface area (Å²) in [4.78, 5) is 12.6. The molecule has 0 heterocycles. The summed E-state index contributed by atoms with van der Waals surface area (Å²) in [6.45, 7) is 0.168. The molecule has 2 aromatic carbocycles. The van der Waals surface area contributed by atoms with Gasteiger partial charge < -0.3 is 10.2 Å². The summed E-state index contributed by atoms with van der Waals surface area (Å²) in [6, 6.07) is 11.0. The van der Waals surface area contributed by atoms with Crippen LogP contribution in [0.15, 0.2) is 48.5 Å². The number of likely N-dealkylation sites (N-methyl/N-ethyl adjacent to an activating group) is 1. The summed E-state index contributed by atoms with van der Waals surface area (Å²) < 4.78 is 52.3. The molecule has 0 aliphatic rings. The van der Waals surface area contributed by atoms with Crippen LogP contribution in [-0.4, -0.2) is 19.5 Å². The van der Waals surface area contributed by atoms with Gasteiger partial charge in [0, 0.05) is 5.56 Å². The van der Waals surface area contributed by atoms with Crippen molar-refractivity contribution in [2.24, 2.45) is 0 Å². The topological polar surface area (TPSA) is 33.5 Å². The molecule has 1 atom stereocenters. The second kappa shape index (κ2) is 7.44. The number of halogens is 4. The van der Waals surface area contributed by atoms with Crippen molar-refractivity contribution in [1.29, 1.82) is 0 Å². The van der Waals surface area contributed by atoms with Crippen molar-refractivity contribution in [3.63, 3.8) is 0 Å². The molecule has 0 saturated carbocycles. The van der Waals surface area contributed by atoms with Crippen LogP contribution in [0.1, 0.15) is 11.1 Å². The quantitative estimate of drug-likeness (QED) is 0.805. The van der Waals surface area contributed by atoms with Gasteiger partial charge in [0.05, 0.1) is 18.3 Å². The predicted molar refractivity (Wildman–Crippen MR) is 81.9 cm³/mol. The molecule has 0 bridgehead atoms. The Morgan fingerprint density at radius 2 is 1.71 bits per heavy atom. The largest absolute Gasteiger partial charge is 0.418 e. The molecule has 1 unspecified atom stereocenters. The highest BCUT2D eigenvalue weighted by atomic mass is 19.4. The predicted octanol–water partition coefficient (Wildman–Crippen LogP) is 2.50. The van der Waals surface area contributed by atoms with Gasteiger partial charge in [-0.2, -0.15) is 13.2 Å². The average Bonchev–Trinajstić information content (AvgIpc) is 2.49. The van der Waals surface area contributed by atoms with Gasteiger partial charge in [0.2, 0.25) is 0 Å². The van der Waals surface area contributed by atoms with Gasteiger partial charge in [0.25, 0.3) is 5.91 Å². The smallest absolute Gasteiger partial charge is 0.326 e. The fourth-order valence-corrected chi connectivity index (χ4v) is 2.34. The molecule has 2 rings (SSSR count). The molecule has 0 spiro atoms. The molecule has 0 aromatic heterocycles. The van der Waals surface area contributed by atoms with Crippen LogP contribution in [0.25, 0.3) is 0 Å². The van der Waals surface area contributed by atoms with Gasteiger partial charge >= 0.3 is 6.18 Å². The maximum absolute atomic E-state index is 13.6. The van der Waals surface area contributed by atoms with Gasteiger partial charge in [-0.05, 0) is 18.2 Å². The molecule has 2 N–H and O–H groups in total. The average molecular weight is 341 g/mol. The zero-order valence-electron chi connectivity index (χ0n) is 13.0. The number of quaternary nitrogens is 1. The van der Waals surface area contributed by atoms with Crippen molar-refractivity contribution in [2.45, 2.75) is 12.7 Å². The van der Waals surface area contributed by atoms with Crippen LogP contribution >= 0.6 is 0 Å². The molecule has 128 valence electrons. The van der Waals surface area contributed by atoms with Gasteiger partial charge in [-0.25, -0.2) is 4.39 Å². The Morgan fingerprint density at radius 3 is 2.38 bits per heavy atom. The Labute approximate surface area is 136 Å². The SMILES string of the molecule is C[NH+](CC(=O)Nc1ccccc1C(F)(F)F)Cc1ccccc1F. The number of hydrogen-bond acceptors (Lipinski definition) is 1. The highest BCUT2D eigenvalue weighted by Crippen LogP contribution is 2.34. The molecular formula is C17H17F4N2O+. The fourth-order valence-electron chi connectivity index (χ4n) is 2.34. The number of anilines is 1. The molecule has 24 heavy (non-hydrogen) atoms. The van der Waals surface area contributed by atoms with Crippen LogP contribution in [0.5, 0.6) is 0 Å². The Bertz CT molecular complexity index is 716. The maximum atomic E-state index is 13.6. The van der Waals surface area contributed by atoms with E-state index in [4.69, 9.17) is 0 Å². The van der Waals surface area contributed by atoms with E-state index < -0.39 is 17.6 Å². The number of carbonyl (C=O) groups excluding carboxylic acids is 1. The number of nitrogens with one attached hydrogen (secondary N) is 2. The van der Waals surface area contributed by atoms with Crippen molar-refractivity contribution in [3.8, 4) is 0 Å². The lowest BCUT2D eigenvalue weighted by Crippen LogP contribution is -3.08. The van der Waals surface area contributed by atoms with Crippen molar-refractivity contribution >= 4 is 11.6 Å². The van der Waals surface area contributed by atoms with E-state index in [1.54, 1.807) is 25.2 Å². The van der Waals surface area contributed by atoms with Gasteiger partial charge in [0.1, 0.15) is 12.4 Å². The number of rotatable bonds is 5. The summed E-state index contributed by atoms with van der Waals surface area (Å²) in [7, 11) is 1.67. The fraction of sp³-hybridized carbons (Fsp3) is 0.235. The molecule has 0 saturated heterocycles. The van der Waals surface area contributed by atoms with E-state index in [2.05, 4.69) is 5.32 Å². The van der Waals surface area contributed by atoms with E-state index in [9.17, 15) is 22.4 Å². The van der Waals surface area contributed by atoms with Gasteiger partial charge in [-0.1, -0.05) is 30.3 Å². The van der Waals surface area contributed by atoms with Crippen LogP contribution in [-0.2, 0) is 17.5 Å². The molecule has 1 amide bonds. The lowest BCUT2D eigenvalue weighted by atomic mass is 10.1. The zero-order chi connectivity index (χ0) is 17.7. The number of amides is 1. The Balaban J connectivity index is 2.00. The molecule has 0 radical (unpaired) electrons. The van der Waals surface area contributed by atoms with Crippen LogP contribution in [0.4, 0.5) is 23.2 Å². The Hall–Kier alpha value is -2.41. The van der Waals surface area contributed by atoms with E-state index >= 15 is 0 Å². The lowest BCUT2D eigenvalue weighted by molar-refractivity contribution is -0.885. The van der Waals surface area contributed by atoms with E-state index in [0.29, 0.717) is 10.5 Å². The molecule has 0 aliphatic heterocycles. The van der Waals surface area contributed by atoms with Crippen LogP contribution in [0.3, 0.4) is 0 Å².